The third kappa shape index (κ3) is 7.17. The minimum atomic E-state index is -1.67. The molecule has 1 fully saturated rings. The zero-order chi connectivity index (χ0) is 30.9. The van der Waals surface area contributed by atoms with Gasteiger partial charge in [-0.15, -0.1) is 0 Å². The van der Waals surface area contributed by atoms with Gasteiger partial charge in [0.25, 0.3) is 0 Å². The largest absolute Gasteiger partial charge is 0.452 e. The molecule has 1 aliphatic heterocycles. The van der Waals surface area contributed by atoms with Crippen LogP contribution in [0.15, 0.2) is 121 Å². The van der Waals surface area contributed by atoms with Crippen LogP contribution in [0.2, 0.25) is 0 Å². The molecule has 0 saturated carbocycles. The highest BCUT2D eigenvalue weighted by Gasteiger charge is 2.54. The molecular formula is C34H28O10. The quantitative estimate of drug-likeness (QED) is 0.221. The Labute approximate surface area is 252 Å². The first-order valence-electron chi connectivity index (χ1n) is 13.7. The normalized spacial score (nSPS) is 21.0. The summed E-state index contributed by atoms with van der Waals surface area (Å²) in [6.45, 7) is -0.731. The van der Waals surface area contributed by atoms with E-state index in [0.717, 1.165) is 0 Å². The number of carbonyl (C=O) groups excluding carboxylic acids is 4. The Morgan fingerprint density at radius 1 is 0.477 bits per heavy atom. The van der Waals surface area contributed by atoms with E-state index >= 15 is 0 Å². The van der Waals surface area contributed by atoms with Crippen LogP contribution < -0.4 is 0 Å². The topological polar surface area (TPSA) is 135 Å². The number of ether oxygens (including phenoxy) is 5. The smallest absolute Gasteiger partial charge is 0.340 e. The highest BCUT2D eigenvalue weighted by atomic mass is 16.7. The first kappa shape index (κ1) is 30.1. The third-order valence-corrected chi connectivity index (χ3v) is 6.76. The molecule has 0 unspecified atom stereocenters. The SMILES string of the molecule is O=C(O[C@H]1O[C@H](CO)[C@@H](OC(=O)c2ccccc2)[C@H](OC(=O)c2ccccc2)[C@@H]1OC(=O)c1ccccc1)c1ccccc1. The van der Waals surface area contributed by atoms with E-state index in [0.29, 0.717) is 0 Å². The van der Waals surface area contributed by atoms with Crippen LogP contribution in [0.4, 0.5) is 0 Å². The van der Waals surface area contributed by atoms with Crippen LogP contribution in [-0.2, 0) is 23.7 Å². The molecule has 224 valence electrons. The van der Waals surface area contributed by atoms with Crippen molar-refractivity contribution in [1.29, 1.82) is 0 Å². The molecule has 5 rings (SSSR count). The second-order valence-electron chi connectivity index (χ2n) is 9.70. The fraction of sp³-hybridized carbons (Fsp3) is 0.176. The molecule has 0 spiro atoms. The number of aliphatic hydroxyl groups excluding tert-OH is 1. The van der Waals surface area contributed by atoms with Gasteiger partial charge >= 0.3 is 23.9 Å². The van der Waals surface area contributed by atoms with Gasteiger partial charge in [-0.25, -0.2) is 19.2 Å². The first-order chi connectivity index (χ1) is 21.4. The Bertz CT molecular complexity index is 1560. The number of rotatable bonds is 9. The fourth-order valence-corrected chi connectivity index (χ4v) is 4.57. The minimum absolute atomic E-state index is 0.149. The summed E-state index contributed by atoms with van der Waals surface area (Å²) in [5, 5.41) is 10.3. The van der Waals surface area contributed by atoms with Crippen molar-refractivity contribution in [2.24, 2.45) is 0 Å². The van der Waals surface area contributed by atoms with E-state index in [1.807, 2.05) is 0 Å². The first-order valence-corrected chi connectivity index (χ1v) is 13.7. The zero-order valence-corrected chi connectivity index (χ0v) is 23.3. The van der Waals surface area contributed by atoms with Gasteiger partial charge in [0, 0.05) is 0 Å². The summed E-state index contributed by atoms with van der Waals surface area (Å²) >= 11 is 0. The Balaban J connectivity index is 1.54. The number of hydrogen-bond acceptors (Lipinski definition) is 10. The summed E-state index contributed by atoms with van der Waals surface area (Å²) in [6.07, 6.45) is -7.72. The third-order valence-electron chi connectivity index (χ3n) is 6.76. The van der Waals surface area contributed by atoms with Crippen molar-refractivity contribution >= 4 is 23.9 Å². The van der Waals surface area contributed by atoms with Gasteiger partial charge in [0.15, 0.2) is 12.2 Å². The lowest BCUT2D eigenvalue weighted by molar-refractivity contribution is -0.283. The summed E-state index contributed by atoms with van der Waals surface area (Å²) in [5.41, 5.74) is 0.641. The maximum absolute atomic E-state index is 13.3. The van der Waals surface area contributed by atoms with Gasteiger partial charge in [-0.05, 0) is 48.5 Å². The Hall–Kier alpha value is -5.32. The van der Waals surface area contributed by atoms with Crippen LogP contribution >= 0.6 is 0 Å². The molecule has 0 aromatic heterocycles. The molecule has 1 N–H and O–H groups in total. The average Bonchev–Trinajstić information content (AvgIpc) is 3.08. The Morgan fingerprint density at radius 3 is 1.16 bits per heavy atom. The lowest BCUT2D eigenvalue weighted by Gasteiger charge is -2.43. The van der Waals surface area contributed by atoms with E-state index in [-0.39, 0.29) is 22.3 Å². The van der Waals surface area contributed by atoms with Crippen molar-refractivity contribution in [2.75, 3.05) is 6.61 Å². The average molecular weight is 597 g/mol. The van der Waals surface area contributed by atoms with E-state index < -0.39 is 61.2 Å². The highest BCUT2D eigenvalue weighted by molar-refractivity contribution is 5.92. The molecule has 10 nitrogen and oxygen atoms in total. The number of aliphatic hydroxyl groups is 1. The molecule has 0 amide bonds. The van der Waals surface area contributed by atoms with Crippen molar-refractivity contribution in [1.82, 2.24) is 0 Å². The second-order valence-corrected chi connectivity index (χ2v) is 9.70. The summed E-state index contributed by atoms with van der Waals surface area (Å²) in [4.78, 5) is 52.9. The molecule has 4 aromatic rings. The van der Waals surface area contributed by atoms with Gasteiger partial charge in [-0.2, -0.15) is 0 Å². The molecule has 1 saturated heterocycles. The maximum Gasteiger partial charge on any atom is 0.340 e. The number of carbonyl (C=O) groups is 4. The predicted molar refractivity (Wildman–Crippen MR) is 155 cm³/mol. The summed E-state index contributed by atoms with van der Waals surface area (Å²) in [7, 11) is 0. The van der Waals surface area contributed by atoms with Gasteiger partial charge in [-0.1, -0.05) is 72.8 Å². The minimum Gasteiger partial charge on any atom is -0.452 e. The van der Waals surface area contributed by atoms with Crippen molar-refractivity contribution < 1.29 is 48.0 Å². The molecular weight excluding hydrogens is 568 g/mol. The van der Waals surface area contributed by atoms with Gasteiger partial charge in [0.2, 0.25) is 12.4 Å². The molecule has 0 radical (unpaired) electrons. The van der Waals surface area contributed by atoms with Crippen LogP contribution in [0.1, 0.15) is 41.4 Å². The van der Waals surface area contributed by atoms with Crippen LogP contribution in [0.25, 0.3) is 0 Å². The molecule has 44 heavy (non-hydrogen) atoms. The second kappa shape index (κ2) is 14.2. The summed E-state index contributed by atoms with van der Waals surface area (Å²) in [6, 6.07) is 32.0. The van der Waals surface area contributed by atoms with E-state index in [1.54, 1.807) is 72.8 Å². The molecule has 5 atom stereocenters. The Kier molecular flexibility index (Phi) is 9.75. The van der Waals surface area contributed by atoms with Gasteiger partial charge < -0.3 is 28.8 Å². The number of esters is 4. The standard InChI is InChI=1S/C34H28O10/c35-21-26-27(41-30(36)22-13-5-1-6-14-22)28(42-31(37)23-15-7-2-8-16-23)29(43-32(38)24-17-9-3-10-18-24)34(40-26)44-33(39)25-19-11-4-12-20-25/h1-20,26-29,34-35H,21H2/t26-,27-,28+,29+,34-/m1/s1. The fourth-order valence-electron chi connectivity index (χ4n) is 4.57. The van der Waals surface area contributed by atoms with Crippen molar-refractivity contribution in [3.05, 3.63) is 144 Å². The van der Waals surface area contributed by atoms with E-state index in [1.165, 1.54) is 48.5 Å². The lowest BCUT2D eigenvalue weighted by atomic mass is 9.97. The Morgan fingerprint density at radius 2 is 0.795 bits per heavy atom. The lowest BCUT2D eigenvalue weighted by Crippen LogP contribution is -2.63. The van der Waals surface area contributed by atoms with Gasteiger partial charge in [-0.3, -0.25) is 0 Å². The number of hydrogen-bond donors (Lipinski definition) is 1. The van der Waals surface area contributed by atoms with Crippen molar-refractivity contribution in [3.63, 3.8) is 0 Å². The monoisotopic (exact) mass is 596 g/mol. The maximum atomic E-state index is 13.3. The number of benzene rings is 4. The van der Waals surface area contributed by atoms with Crippen LogP contribution in [-0.4, -0.2) is 66.3 Å². The zero-order valence-electron chi connectivity index (χ0n) is 23.3. The molecule has 10 heteroatoms. The van der Waals surface area contributed by atoms with E-state index in [2.05, 4.69) is 0 Å². The van der Waals surface area contributed by atoms with Gasteiger partial charge in [0.1, 0.15) is 6.10 Å². The molecule has 0 aliphatic carbocycles. The van der Waals surface area contributed by atoms with E-state index in [9.17, 15) is 24.3 Å². The molecule has 4 aromatic carbocycles. The van der Waals surface area contributed by atoms with Crippen LogP contribution in [0.5, 0.6) is 0 Å². The highest BCUT2D eigenvalue weighted by Crippen LogP contribution is 2.31. The molecule has 1 aliphatic rings. The van der Waals surface area contributed by atoms with Gasteiger partial charge in [0.05, 0.1) is 28.9 Å². The summed E-state index contributed by atoms with van der Waals surface area (Å²) in [5.74, 6) is -3.34. The molecule has 1 heterocycles. The molecule has 0 bridgehead atoms. The van der Waals surface area contributed by atoms with Crippen LogP contribution in [0, 0.1) is 0 Å². The van der Waals surface area contributed by atoms with Crippen molar-refractivity contribution in [2.45, 2.75) is 30.7 Å². The van der Waals surface area contributed by atoms with Crippen LogP contribution in [0.3, 0.4) is 0 Å². The van der Waals surface area contributed by atoms with E-state index in [4.69, 9.17) is 23.7 Å². The summed E-state index contributed by atoms with van der Waals surface area (Å²) < 4.78 is 28.9. The predicted octanol–water partition coefficient (Wildman–Crippen LogP) is 4.24. The van der Waals surface area contributed by atoms with Crippen molar-refractivity contribution in [3.8, 4) is 0 Å².